The van der Waals surface area contributed by atoms with Crippen LogP contribution >= 0.6 is 37.9 Å². The zero-order valence-electron chi connectivity index (χ0n) is 17.3. The molecule has 0 aliphatic carbocycles. The van der Waals surface area contributed by atoms with E-state index in [4.69, 9.17) is 0 Å². The average Bonchev–Trinajstić information content (AvgIpc) is 2.46. The zero-order valence-corrected chi connectivity index (χ0v) is 22.6. The van der Waals surface area contributed by atoms with Crippen LogP contribution in [0, 0.1) is 17.8 Å². The van der Waals surface area contributed by atoms with Crippen LogP contribution in [0.15, 0.2) is 0 Å². The third-order valence-electron chi connectivity index (χ3n) is 2.90. The van der Waals surface area contributed by atoms with Gasteiger partial charge >= 0.3 is 24.4 Å². The van der Waals surface area contributed by atoms with Crippen molar-refractivity contribution in [1.82, 2.24) is 0 Å². The molecule has 0 amide bonds. The molecule has 0 aliphatic heterocycles. The van der Waals surface area contributed by atoms with Gasteiger partial charge < -0.3 is 29.7 Å². The maximum Gasteiger partial charge on any atom is 3.00 e. The molecule has 28 heavy (non-hydrogen) atoms. The van der Waals surface area contributed by atoms with E-state index in [0.29, 0.717) is 37.0 Å². The van der Waals surface area contributed by atoms with Crippen LogP contribution in [0.3, 0.4) is 0 Å². The molecular weight excluding hydrogens is 530 g/mol. The van der Waals surface area contributed by atoms with Crippen molar-refractivity contribution in [3.8, 4) is 0 Å². The third kappa shape index (κ3) is 28.5. The Labute approximate surface area is 203 Å². The van der Waals surface area contributed by atoms with Gasteiger partial charge in [0.15, 0.2) is 0 Å². The summed E-state index contributed by atoms with van der Waals surface area (Å²) >= 11 is 11.4. The fourth-order valence-electron chi connectivity index (χ4n) is 1.63. The second kappa shape index (κ2) is 20.5. The SMILES string of the molecule is CC(C)CC(S)C(=O)[O-].CC(C)CC(S)C(=O)[O-].CC(C)CC(S)C(=O)[O-].[Sb+3]. The summed E-state index contributed by atoms with van der Waals surface area (Å²) in [6, 6.07) is 0. The number of aliphatic carboxylic acids is 3. The maximum absolute atomic E-state index is 10.0. The smallest absolute Gasteiger partial charge is 0.549 e. The van der Waals surface area contributed by atoms with E-state index >= 15 is 0 Å². The van der Waals surface area contributed by atoms with Gasteiger partial charge in [0.05, 0.1) is 17.9 Å². The van der Waals surface area contributed by atoms with Gasteiger partial charge in [-0.1, -0.05) is 41.5 Å². The van der Waals surface area contributed by atoms with E-state index < -0.39 is 33.7 Å². The number of carboxylic acids is 3. The number of rotatable bonds is 9. The Morgan fingerprint density at radius 2 is 0.714 bits per heavy atom. The molecular formula is C18H33O6S3Sb. The van der Waals surface area contributed by atoms with Crippen molar-refractivity contribution in [1.29, 1.82) is 0 Å². The van der Waals surface area contributed by atoms with Crippen LogP contribution in [0.4, 0.5) is 0 Å². The molecule has 0 rings (SSSR count). The monoisotopic (exact) mass is 562 g/mol. The number of carboxylic acid groups (broad SMARTS) is 3. The van der Waals surface area contributed by atoms with Gasteiger partial charge in [-0.05, 0) is 37.0 Å². The molecule has 0 saturated heterocycles. The Morgan fingerprint density at radius 3 is 0.750 bits per heavy atom. The molecule has 6 nitrogen and oxygen atoms in total. The second-order valence-electron chi connectivity index (χ2n) is 7.39. The maximum atomic E-state index is 10.0. The topological polar surface area (TPSA) is 120 Å². The molecule has 0 fully saturated rings. The molecule has 0 aromatic carbocycles. The summed E-state index contributed by atoms with van der Waals surface area (Å²) in [5.41, 5.74) is 0. The molecule has 0 aromatic rings. The molecule has 3 atom stereocenters. The molecule has 0 N–H and O–H groups in total. The van der Waals surface area contributed by atoms with Crippen LogP contribution < -0.4 is 15.3 Å². The van der Waals surface area contributed by atoms with E-state index in [0.717, 1.165) is 0 Å². The molecule has 0 aliphatic rings. The van der Waals surface area contributed by atoms with Crippen molar-refractivity contribution in [3.05, 3.63) is 0 Å². The molecule has 164 valence electrons. The standard InChI is InChI=1S/3C6H12O2S.Sb/c3*1-4(2)3-5(9)6(7)8;/h3*4-5,9H,3H2,1-2H3,(H,7,8);/q;;;+3/p-3. The van der Waals surface area contributed by atoms with Crippen molar-refractivity contribution in [2.75, 3.05) is 0 Å². The molecule has 10 heteroatoms. The number of thiol groups is 3. The van der Waals surface area contributed by atoms with Crippen molar-refractivity contribution in [2.24, 2.45) is 17.8 Å². The summed E-state index contributed by atoms with van der Waals surface area (Å²) in [6.45, 7) is 11.7. The van der Waals surface area contributed by atoms with Gasteiger partial charge in [-0.2, -0.15) is 37.9 Å². The van der Waals surface area contributed by atoms with Crippen LogP contribution in [0.25, 0.3) is 0 Å². The minimum atomic E-state index is -1.08. The van der Waals surface area contributed by atoms with Crippen molar-refractivity contribution < 1.29 is 29.7 Å². The van der Waals surface area contributed by atoms with E-state index in [9.17, 15) is 29.7 Å². The summed E-state index contributed by atoms with van der Waals surface area (Å²) in [7, 11) is 0. The minimum absolute atomic E-state index is 0. The van der Waals surface area contributed by atoms with E-state index in [2.05, 4.69) is 37.9 Å². The Balaban J connectivity index is -0.000000152. The first-order valence-electron chi connectivity index (χ1n) is 8.78. The predicted molar refractivity (Wildman–Crippen MR) is 117 cm³/mol. The van der Waals surface area contributed by atoms with Crippen molar-refractivity contribution in [3.63, 3.8) is 0 Å². The fourth-order valence-corrected chi connectivity index (χ4v) is 2.89. The largest absolute Gasteiger partial charge is 3.00 e. The molecule has 0 heterocycles. The first kappa shape index (κ1) is 35.7. The van der Waals surface area contributed by atoms with Gasteiger partial charge in [0.25, 0.3) is 0 Å². The van der Waals surface area contributed by atoms with Gasteiger partial charge in [0.2, 0.25) is 0 Å². The van der Waals surface area contributed by atoms with Crippen LogP contribution in [0.5, 0.6) is 0 Å². The molecule has 0 bridgehead atoms. The van der Waals surface area contributed by atoms with Gasteiger partial charge in [-0.3, -0.25) is 0 Å². The van der Waals surface area contributed by atoms with E-state index in [1.54, 1.807) is 0 Å². The minimum Gasteiger partial charge on any atom is -0.549 e. The Morgan fingerprint density at radius 1 is 0.571 bits per heavy atom. The first-order chi connectivity index (χ1) is 12.1. The summed E-state index contributed by atoms with van der Waals surface area (Å²) < 4.78 is 0. The number of hydrogen-bond donors (Lipinski definition) is 3. The quantitative estimate of drug-likeness (QED) is 0.266. The Bertz CT molecular complexity index is 372. The molecule has 2 radical (unpaired) electrons. The van der Waals surface area contributed by atoms with Crippen molar-refractivity contribution in [2.45, 2.75) is 76.6 Å². The van der Waals surface area contributed by atoms with E-state index in [-0.39, 0.29) is 24.4 Å². The molecule has 3 unspecified atom stereocenters. The summed E-state index contributed by atoms with van der Waals surface area (Å²) in [6.07, 6.45) is 1.72. The summed E-state index contributed by atoms with van der Waals surface area (Å²) in [5, 5.41) is 28.3. The normalized spacial score (nSPS) is 13.3. The zero-order chi connectivity index (χ0) is 22.3. The van der Waals surface area contributed by atoms with E-state index in [1.165, 1.54) is 0 Å². The Hall–Kier alpha value is 0.278. The van der Waals surface area contributed by atoms with Gasteiger partial charge in [-0.25, -0.2) is 0 Å². The average molecular weight is 563 g/mol. The third-order valence-corrected chi connectivity index (χ3v) is 4.17. The first-order valence-corrected chi connectivity index (χ1v) is 10.3. The Kier molecular flexibility index (Phi) is 26.2. The van der Waals surface area contributed by atoms with Crippen LogP contribution in [-0.4, -0.2) is 58.1 Å². The molecule has 0 spiro atoms. The molecule has 0 aromatic heterocycles. The second-order valence-corrected chi connectivity index (χ2v) is 9.26. The van der Waals surface area contributed by atoms with Crippen LogP contribution in [0.2, 0.25) is 0 Å². The van der Waals surface area contributed by atoms with Crippen LogP contribution in [0.1, 0.15) is 60.8 Å². The predicted octanol–water partition coefficient (Wildman–Crippen LogP) is -0.138. The summed E-state index contributed by atoms with van der Waals surface area (Å²) in [4.78, 5) is 30.1. The number of hydrogen-bond acceptors (Lipinski definition) is 9. The van der Waals surface area contributed by atoms with Gasteiger partial charge in [0.1, 0.15) is 0 Å². The number of carbonyl (C=O) groups is 3. The van der Waals surface area contributed by atoms with E-state index in [1.807, 2.05) is 41.5 Å². The number of carbonyl (C=O) groups excluding carboxylic acids is 3. The van der Waals surface area contributed by atoms with Crippen LogP contribution in [-0.2, 0) is 14.4 Å². The summed E-state index contributed by atoms with van der Waals surface area (Å²) in [5.74, 6) is -2.13. The fraction of sp³-hybridized carbons (Fsp3) is 0.833. The van der Waals surface area contributed by atoms with Gasteiger partial charge in [0, 0.05) is 15.7 Å². The molecule has 0 saturated carbocycles. The van der Waals surface area contributed by atoms with Gasteiger partial charge in [-0.15, -0.1) is 0 Å². The van der Waals surface area contributed by atoms with Crippen molar-refractivity contribution >= 4 is 80.2 Å².